The Bertz CT molecular complexity index is 350. The van der Waals surface area contributed by atoms with Crippen LogP contribution >= 0.6 is 0 Å². The van der Waals surface area contributed by atoms with Crippen LogP contribution in [0.25, 0.3) is 0 Å². The van der Waals surface area contributed by atoms with Crippen LogP contribution in [-0.2, 0) is 6.42 Å². The fraction of sp³-hybridized carbons (Fsp3) is 0.417. The van der Waals surface area contributed by atoms with Crippen LogP contribution in [0.2, 0.25) is 0 Å². The molecule has 0 N–H and O–H groups in total. The molecule has 1 aromatic rings. The van der Waals surface area contributed by atoms with Gasteiger partial charge in [-0.05, 0) is 23.5 Å². The van der Waals surface area contributed by atoms with E-state index in [9.17, 15) is 4.79 Å². The first-order valence-corrected chi connectivity index (χ1v) is 4.85. The summed E-state index contributed by atoms with van der Waals surface area (Å²) in [5.74, 6) is 0.788. The number of ketones is 1. The molecule has 0 atom stereocenters. The van der Waals surface area contributed by atoms with Crippen molar-refractivity contribution < 1.29 is 4.79 Å². The zero-order valence-electron chi connectivity index (χ0n) is 8.13. The second-order valence-corrected chi connectivity index (χ2v) is 3.96. The second-order valence-electron chi connectivity index (χ2n) is 3.96. The van der Waals surface area contributed by atoms with Gasteiger partial charge in [0.2, 0.25) is 0 Å². The molecule has 13 heavy (non-hydrogen) atoms. The van der Waals surface area contributed by atoms with Crippen LogP contribution in [0.4, 0.5) is 0 Å². The lowest BCUT2D eigenvalue weighted by molar-refractivity contribution is 0.0993. The smallest absolute Gasteiger partial charge is 0.163 e. The highest BCUT2D eigenvalue weighted by Gasteiger charge is 2.23. The minimum Gasteiger partial charge on any atom is -0.294 e. The summed E-state index contributed by atoms with van der Waals surface area (Å²) in [4.78, 5) is 11.6. The third kappa shape index (κ3) is 1.28. The number of benzene rings is 1. The van der Waals surface area contributed by atoms with Gasteiger partial charge in [0.1, 0.15) is 0 Å². The summed E-state index contributed by atoms with van der Waals surface area (Å²) in [6.07, 6.45) is 1.65. The maximum absolute atomic E-state index is 11.6. The third-order valence-corrected chi connectivity index (χ3v) is 2.71. The molecule has 1 heteroatoms. The first-order chi connectivity index (χ1) is 6.20. The maximum atomic E-state index is 11.6. The second kappa shape index (κ2) is 2.99. The molecule has 1 nitrogen and oxygen atoms in total. The minimum atomic E-state index is 0.333. The fourth-order valence-corrected chi connectivity index (χ4v) is 2.02. The molecule has 0 aromatic heterocycles. The van der Waals surface area contributed by atoms with Crippen molar-refractivity contribution in [3.05, 3.63) is 34.9 Å². The largest absolute Gasteiger partial charge is 0.294 e. The van der Waals surface area contributed by atoms with E-state index in [1.54, 1.807) is 0 Å². The molecule has 1 aromatic carbocycles. The highest BCUT2D eigenvalue weighted by Crippen LogP contribution is 2.29. The molecule has 1 aliphatic carbocycles. The molecule has 0 aliphatic heterocycles. The first kappa shape index (κ1) is 8.49. The van der Waals surface area contributed by atoms with Gasteiger partial charge in [-0.2, -0.15) is 0 Å². The van der Waals surface area contributed by atoms with E-state index in [4.69, 9.17) is 0 Å². The van der Waals surface area contributed by atoms with E-state index in [1.807, 2.05) is 0 Å². The predicted octanol–water partition coefficient (Wildman–Crippen LogP) is 2.94. The average molecular weight is 174 g/mol. The number of fused-ring (bicyclic) bond motifs is 1. The first-order valence-electron chi connectivity index (χ1n) is 4.85. The van der Waals surface area contributed by atoms with E-state index in [0.29, 0.717) is 18.1 Å². The van der Waals surface area contributed by atoms with Crippen LogP contribution in [0.3, 0.4) is 0 Å². The van der Waals surface area contributed by atoms with Crippen molar-refractivity contribution >= 4 is 5.78 Å². The van der Waals surface area contributed by atoms with E-state index >= 15 is 0 Å². The molecule has 0 saturated carbocycles. The monoisotopic (exact) mass is 174 g/mol. The van der Waals surface area contributed by atoms with Gasteiger partial charge in [0.15, 0.2) is 5.78 Å². The Morgan fingerprint density at radius 1 is 1.23 bits per heavy atom. The Morgan fingerprint density at radius 3 is 2.69 bits per heavy atom. The zero-order valence-corrected chi connectivity index (χ0v) is 8.13. The van der Waals surface area contributed by atoms with Gasteiger partial charge in [-0.15, -0.1) is 0 Å². The van der Waals surface area contributed by atoms with Crippen LogP contribution in [0.15, 0.2) is 18.2 Å². The number of carbonyl (C=O) groups excluding carboxylic acids is 1. The molecular weight excluding hydrogens is 160 g/mol. The molecule has 0 spiro atoms. The Labute approximate surface area is 78.8 Å². The molecule has 0 radical (unpaired) electrons. The topological polar surface area (TPSA) is 17.1 Å². The number of carbonyl (C=O) groups is 1. The molecule has 0 bridgehead atoms. The van der Waals surface area contributed by atoms with Crippen LogP contribution < -0.4 is 0 Å². The van der Waals surface area contributed by atoms with Crippen molar-refractivity contribution in [2.45, 2.75) is 32.6 Å². The highest BCUT2D eigenvalue weighted by molar-refractivity contribution is 6.01. The van der Waals surface area contributed by atoms with Crippen molar-refractivity contribution in [1.29, 1.82) is 0 Å². The highest BCUT2D eigenvalue weighted by atomic mass is 16.1. The van der Waals surface area contributed by atoms with E-state index < -0.39 is 0 Å². The van der Waals surface area contributed by atoms with E-state index in [-0.39, 0.29) is 0 Å². The number of Topliss-reactive ketones (excluding diaryl/α,β-unsaturated/α-hetero) is 1. The number of hydrogen-bond acceptors (Lipinski definition) is 1. The SMILES string of the molecule is CC(C)c1cccc2c1C(=O)CC2. The van der Waals surface area contributed by atoms with E-state index in [2.05, 4.69) is 32.0 Å². The summed E-state index contributed by atoms with van der Waals surface area (Å²) in [6, 6.07) is 6.21. The van der Waals surface area contributed by atoms with Crippen molar-refractivity contribution in [3.8, 4) is 0 Å². The van der Waals surface area contributed by atoms with Crippen LogP contribution in [0.5, 0.6) is 0 Å². The van der Waals surface area contributed by atoms with Gasteiger partial charge in [0.25, 0.3) is 0 Å². The molecule has 68 valence electrons. The van der Waals surface area contributed by atoms with E-state index in [1.165, 1.54) is 11.1 Å². The van der Waals surface area contributed by atoms with Gasteiger partial charge in [-0.1, -0.05) is 32.0 Å². The lowest BCUT2D eigenvalue weighted by atomic mass is 9.94. The summed E-state index contributed by atoms with van der Waals surface area (Å²) in [5.41, 5.74) is 3.48. The minimum absolute atomic E-state index is 0.333. The standard InChI is InChI=1S/C12H14O/c1-8(2)10-5-3-4-9-6-7-11(13)12(9)10/h3-5,8H,6-7H2,1-2H3. The predicted molar refractivity (Wildman–Crippen MR) is 53.2 cm³/mol. The summed E-state index contributed by atoms with van der Waals surface area (Å²) in [6.45, 7) is 4.28. The third-order valence-electron chi connectivity index (χ3n) is 2.71. The van der Waals surface area contributed by atoms with Crippen LogP contribution in [-0.4, -0.2) is 5.78 Å². The van der Waals surface area contributed by atoms with Crippen molar-refractivity contribution in [2.75, 3.05) is 0 Å². The number of aryl methyl sites for hydroxylation is 1. The van der Waals surface area contributed by atoms with Crippen LogP contribution in [0, 0.1) is 0 Å². The normalized spacial score (nSPS) is 15.2. The van der Waals surface area contributed by atoms with Gasteiger partial charge in [-0.3, -0.25) is 4.79 Å². The van der Waals surface area contributed by atoms with Gasteiger partial charge >= 0.3 is 0 Å². The summed E-state index contributed by atoms with van der Waals surface area (Å²) >= 11 is 0. The molecule has 0 heterocycles. The molecule has 0 unspecified atom stereocenters. The average Bonchev–Trinajstić information content (AvgIpc) is 2.48. The number of rotatable bonds is 1. The Hall–Kier alpha value is -1.11. The molecule has 0 saturated heterocycles. The molecule has 1 aliphatic rings. The fourth-order valence-electron chi connectivity index (χ4n) is 2.02. The van der Waals surface area contributed by atoms with Gasteiger partial charge in [-0.25, -0.2) is 0 Å². The molecule has 0 amide bonds. The van der Waals surface area contributed by atoms with Crippen molar-refractivity contribution in [2.24, 2.45) is 0 Å². The van der Waals surface area contributed by atoms with Gasteiger partial charge < -0.3 is 0 Å². The van der Waals surface area contributed by atoms with E-state index in [0.717, 1.165) is 12.0 Å². The van der Waals surface area contributed by atoms with Crippen molar-refractivity contribution in [3.63, 3.8) is 0 Å². The Morgan fingerprint density at radius 2 is 2.00 bits per heavy atom. The van der Waals surface area contributed by atoms with Crippen molar-refractivity contribution in [1.82, 2.24) is 0 Å². The maximum Gasteiger partial charge on any atom is 0.163 e. The lowest BCUT2D eigenvalue weighted by Gasteiger charge is -2.09. The zero-order chi connectivity index (χ0) is 9.42. The summed E-state index contributed by atoms with van der Waals surface area (Å²) in [5, 5.41) is 0. The molecule has 0 fully saturated rings. The van der Waals surface area contributed by atoms with Crippen LogP contribution in [0.1, 0.15) is 47.7 Å². The molecular formula is C12H14O. The van der Waals surface area contributed by atoms with Gasteiger partial charge in [0, 0.05) is 12.0 Å². The number of hydrogen-bond donors (Lipinski definition) is 0. The lowest BCUT2D eigenvalue weighted by Crippen LogP contribution is -2.00. The summed E-state index contributed by atoms with van der Waals surface area (Å²) in [7, 11) is 0. The summed E-state index contributed by atoms with van der Waals surface area (Å²) < 4.78 is 0. The quantitative estimate of drug-likeness (QED) is 0.639. The Balaban J connectivity index is 2.60. The molecule has 2 rings (SSSR count). The Kier molecular flexibility index (Phi) is 1.95. The van der Waals surface area contributed by atoms with Gasteiger partial charge in [0.05, 0.1) is 0 Å².